The molecule has 3 aromatic rings. The van der Waals surface area contributed by atoms with Crippen molar-refractivity contribution in [2.45, 2.75) is 32.3 Å². The highest BCUT2D eigenvalue weighted by atomic mass is 32.1. The van der Waals surface area contributed by atoms with E-state index >= 15 is 0 Å². The molecule has 1 aliphatic rings. The summed E-state index contributed by atoms with van der Waals surface area (Å²) >= 11 is 5.66. The van der Waals surface area contributed by atoms with Crippen LogP contribution in [-0.4, -0.2) is 47.9 Å². The fourth-order valence-electron chi connectivity index (χ4n) is 4.16. The normalized spacial score (nSPS) is 15.3. The van der Waals surface area contributed by atoms with E-state index < -0.39 is 24.2 Å². The minimum absolute atomic E-state index is 0.0739. The minimum Gasteiger partial charge on any atom is -0.497 e. The summed E-state index contributed by atoms with van der Waals surface area (Å²) in [5, 5.41) is 2.94. The highest BCUT2D eigenvalue weighted by Gasteiger charge is 2.44. The molecule has 1 heterocycles. The zero-order valence-corrected chi connectivity index (χ0v) is 22.4. The van der Waals surface area contributed by atoms with Crippen LogP contribution in [0.5, 0.6) is 17.2 Å². The Hall–Kier alpha value is -4.32. The predicted octanol–water partition coefficient (Wildman–Crippen LogP) is 5.52. The Morgan fingerprint density at radius 2 is 1.55 bits per heavy atom. The quantitative estimate of drug-likeness (QED) is 0.320. The molecule has 8 nitrogen and oxygen atoms in total. The lowest BCUT2D eigenvalue weighted by molar-refractivity contribution is -0.274. The van der Waals surface area contributed by atoms with Crippen LogP contribution in [0, 0.1) is 0 Å². The number of rotatable bonds is 10. The van der Waals surface area contributed by atoms with E-state index in [-0.39, 0.29) is 23.8 Å². The number of carbonyl (C=O) groups excluding carboxylic acids is 2. The number of hydrogen-bond acceptors (Lipinski definition) is 6. The van der Waals surface area contributed by atoms with E-state index in [0.717, 1.165) is 0 Å². The van der Waals surface area contributed by atoms with Crippen molar-refractivity contribution in [3.05, 3.63) is 78.4 Å². The summed E-state index contributed by atoms with van der Waals surface area (Å²) in [4.78, 5) is 29.5. The lowest BCUT2D eigenvalue weighted by Gasteiger charge is -2.24. The van der Waals surface area contributed by atoms with Crippen molar-refractivity contribution in [1.29, 1.82) is 0 Å². The topological polar surface area (TPSA) is 80.3 Å². The zero-order valence-electron chi connectivity index (χ0n) is 21.6. The van der Waals surface area contributed by atoms with E-state index in [1.54, 1.807) is 53.4 Å². The van der Waals surface area contributed by atoms with E-state index in [0.29, 0.717) is 35.0 Å². The van der Waals surface area contributed by atoms with Crippen molar-refractivity contribution in [3.8, 4) is 17.2 Å². The molecule has 12 heteroatoms. The first-order valence-corrected chi connectivity index (χ1v) is 12.6. The Balaban J connectivity index is 1.55. The van der Waals surface area contributed by atoms with Gasteiger partial charge in [0.25, 0.3) is 5.91 Å². The summed E-state index contributed by atoms with van der Waals surface area (Å²) in [6.45, 7) is 2.45. The van der Waals surface area contributed by atoms with Gasteiger partial charge in [-0.15, -0.1) is 13.2 Å². The number of alkyl halides is 3. The SMILES string of the molecule is CCOc1ccc(NC(=O)C[C@H]2C(=O)N(c3ccc(OC)cc3)C(=S)N2Cc2ccc(OC(F)(F)F)cc2)cc1. The van der Waals surface area contributed by atoms with Gasteiger partial charge in [0.05, 0.1) is 25.8 Å². The summed E-state index contributed by atoms with van der Waals surface area (Å²) in [6, 6.07) is 17.8. The monoisotopic (exact) mass is 573 g/mol. The van der Waals surface area contributed by atoms with Crippen LogP contribution >= 0.6 is 12.2 Å². The maximum absolute atomic E-state index is 13.6. The second kappa shape index (κ2) is 12.2. The molecule has 1 aliphatic heterocycles. The summed E-state index contributed by atoms with van der Waals surface area (Å²) < 4.78 is 52.2. The molecule has 0 aliphatic carbocycles. The number of thiocarbonyl (C=S) groups is 1. The average molecular weight is 574 g/mol. The summed E-state index contributed by atoms with van der Waals surface area (Å²) in [6.07, 6.45) is -5.03. The van der Waals surface area contributed by atoms with Crippen molar-refractivity contribution in [2.75, 3.05) is 23.9 Å². The third-order valence-electron chi connectivity index (χ3n) is 5.99. The number of ether oxygens (including phenoxy) is 3. The molecule has 0 radical (unpaired) electrons. The molecule has 0 spiro atoms. The Bertz CT molecular complexity index is 1350. The molecule has 0 unspecified atom stereocenters. The number of carbonyl (C=O) groups is 2. The number of anilines is 2. The molecule has 1 N–H and O–H groups in total. The highest BCUT2D eigenvalue weighted by Crippen LogP contribution is 2.31. The van der Waals surface area contributed by atoms with Crippen LogP contribution in [0.1, 0.15) is 18.9 Å². The Morgan fingerprint density at radius 3 is 2.12 bits per heavy atom. The van der Waals surface area contributed by atoms with Gasteiger partial charge in [-0.05, 0) is 85.4 Å². The number of nitrogens with zero attached hydrogens (tertiary/aromatic N) is 2. The number of nitrogens with one attached hydrogen (secondary N) is 1. The third-order valence-corrected chi connectivity index (χ3v) is 6.40. The first kappa shape index (κ1) is 28.7. The van der Waals surface area contributed by atoms with Crippen molar-refractivity contribution < 1.29 is 37.0 Å². The molecule has 3 aromatic carbocycles. The van der Waals surface area contributed by atoms with Gasteiger partial charge >= 0.3 is 6.36 Å². The standard InChI is InChI=1S/C28H26F3N3O5S/c1-3-38-22-12-6-19(7-13-22)32-25(35)16-24-26(36)34(20-8-14-21(37-2)15-9-20)27(40)33(24)17-18-4-10-23(11-5-18)39-28(29,30)31/h4-15,24H,3,16-17H2,1-2H3,(H,32,35)/t24-/m0/s1. The Morgan fingerprint density at radius 1 is 0.950 bits per heavy atom. The molecule has 1 saturated heterocycles. The van der Waals surface area contributed by atoms with Crippen LogP contribution in [0.2, 0.25) is 0 Å². The fraction of sp³-hybridized carbons (Fsp3) is 0.250. The molecule has 1 fully saturated rings. The fourth-order valence-corrected chi connectivity index (χ4v) is 4.55. The molecule has 2 amide bonds. The van der Waals surface area contributed by atoms with Crippen LogP contribution in [-0.2, 0) is 16.1 Å². The number of halogens is 3. The second-order valence-electron chi connectivity index (χ2n) is 8.70. The van der Waals surface area contributed by atoms with Gasteiger partial charge in [0, 0.05) is 12.2 Å². The van der Waals surface area contributed by atoms with Crippen LogP contribution in [0.15, 0.2) is 72.8 Å². The van der Waals surface area contributed by atoms with Gasteiger partial charge in [0.15, 0.2) is 5.11 Å². The molecular weight excluding hydrogens is 547 g/mol. The predicted molar refractivity (Wildman–Crippen MR) is 146 cm³/mol. The number of methoxy groups -OCH3 is 1. The van der Waals surface area contributed by atoms with Gasteiger partial charge in [0.2, 0.25) is 5.91 Å². The van der Waals surface area contributed by atoms with Gasteiger partial charge in [-0.2, -0.15) is 0 Å². The molecular formula is C28H26F3N3O5S. The first-order chi connectivity index (χ1) is 19.1. The average Bonchev–Trinajstić information content (AvgIpc) is 3.14. The van der Waals surface area contributed by atoms with Gasteiger partial charge in [-0.25, -0.2) is 0 Å². The largest absolute Gasteiger partial charge is 0.573 e. The Labute approximate surface area is 234 Å². The van der Waals surface area contributed by atoms with E-state index in [9.17, 15) is 22.8 Å². The van der Waals surface area contributed by atoms with E-state index in [2.05, 4.69) is 10.1 Å². The maximum Gasteiger partial charge on any atom is 0.573 e. The summed E-state index contributed by atoms with van der Waals surface area (Å²) in [7, 11) is 1.52. The second-order valence-corrected chi connectivity index (χ2v) is 9.06. The van der Waals surface area contributed by atoms with Crippen LogP contribution in [0.3, 0.4) is 0 Å². The van der Waals surface area contributed by atoms with Gasteiger partial charge < -0.3 is 24.4 Å². The Kier molecular flexibility index (Phi) is 8.78. The van der Waals surface area contributed by atoms with Gasteiger partial charge in [0.1, 0.15) is 23.3 Å². The molecule has 0 saturated carbocycles. The van der Waals surface area contributed by atoms with Crippen LogP contribution < -0.4 is 24.4 Å². The number of amides is 2. The molecule has 40 heavy (non-hydrogen) atoms. The summed E-state index contributed by atoms with van der Waals surface area (Å²) in [5.41, 5.74) is 1.59. The highest BCUT2D eigenvalue weighted by molar-refractivity contribution is 7.80. The van der Waals surface area contributed by atoms with Crippen molar-refractivity contribution in [3.63, 3.8) is 0 Å². The number of benzene rings is 3. The van der Waals surface area contributed by atoms with Crippen molar-refractivity contribution in [1.82, 2.24) is 4.90 Å². The van der Waals surface area contributed by atoms with Crippen LogP contribution in [0.25, 0.3) is 0 Å². The zero-order chi connectivity index (χ0) is 28.9. The van der Waals surface area contributed by atoms with E-state index in [1.807, 2.05) is 6.92 Å². The van der Waals surface area contributed by atoms with E-state index in [1.165, 1.54) is 36.3 Å². The summed E-state index contributed by atoms with van der Waals surface area (Å²) in [5.74, 6) is 0.0488. The van der Waals surface area contributed by atoms with Crippen molar-refractivity contribution >= 4 is 40.5 Å². The molecule has 4 rings (SSSR count). The maximum atomic E-state index is 13.6. The first-order valence-electron chi connectivity index (χ1n) is 12.2. The minimum atomic E-state index is -4.81. The van der Waals surface area contributed by atoms with Gasteiger partial charge in [-0.1, -0.05) is 12.1 Å². The molecule has 0 aromatic heterocycles. The van der Waals surface area contributed by atoms with Gasteiger partial charge in [-0.3, -0.25) is 14.5 Å². The van der Waals surface area contributed by atoms with E-state index in [4.69, 9.17) is 21.7 Å². The van der Waals surface area contributed by atoms with Crippen molar-refractivity contribution in [2.24, 2.45) is 0 Å². The third kappa shape index (κ3) is 7.00. The lowest BCUT2D eigenvalue weighted by atomic mass is 10.1. The smallest absolute Gasteiger partial charge is 0.497 e. The van der Waals surface area contributed by atoms with Crippen LogP contribution in [0.4, 0.5) is 24.5 Å². The lowest BCUT2D eigenvalue weighted by Crippen LogP contribution is -2.37. The molecule has 1 atom stereocenters. The molecule has 0 bridgehead atoms. The molecule has 210 valence electrons. The number of hydrogen-bond donors (Lipinski definition) is 1.